The van der Waals surface area contributed by atoms with Gasteiger partial charge in [-0.1, -0.05) is 6.92 Å². The van der Waals surface area contributed by atoms with E-state index >= 15 is 0 Å². The van der Waals surface area contributed by atoms with Crippen molar-refractivity contribution in [3.05, 3.63) is 0 Å². The third-order valence-corrected chi connectivity index (χ3v) is 2.37. The zero-order valence-corrected chi connectivity index (χ0v) is 7.10. The Morgan fingerprint density at radius 2 is 1.80 bits per heavy atom. The van der Waals surface area contributed by atoms with Crippen LogP contribution in [0.4, 0.5) is 0 Å². The lowest BCUT2D eigenvalue weighted by Gasteiger charge is -2.25. The Morgan fingerprint density at radius 3 is 2.30 bits per heavy atom. The van der Waals surface area contributed by atoms with Crippen molar-refractivity contribution in [2.45, 2.75) is 45.6 Å². The Hall–Kier alpha value is -0.0400. The summed E-state index contributed by atoms with van der Waals surface area (Å²) in [5, 5.41) is 0. The largest absolute Gasteiger partial charge is 0.379 e. The van der Waals surface area contributed by atoms with E-state index in [-0.39, 0.29) is 0 Å². The molecule has 0 amide bonds. The maximum absolute atomic E-state index is 5.53. The molecule has 0 atom stereocenters. The quantitative estimate of drug-likeness (QED) is 0.576. The molecule has 1 fully saturated rings. The molecule has 1 aliphatic carbocycles. The summed E-state index contributed by atoms with van der Waals surface area (Å²) in [7, 11) is 0. The molecular weight excluding hydrogens is 124 g/mol. The first-order valence-electron chi connectivity index (χ1n) is 4.44. The molecule has 0 spiro atoms. The average Bonchev–Trinajstić information content (AvgIpc) is 1.95. The van der Waals surface area contributed by atoms with Crippen molar-refractivity contribution in [1.82, 2.24) is 0 Å². The van der Waals surface area contributed by atoms with E-state index in [0.717, 1.165) is 12.5 Å². The molecule has 10 heavy (non-hydrogen) atoms. The summed E-state index contributed by atoms with van der Waals surface area (Å²) in [4.78, 5) is 0. The molecule has 0 aromatic rings. The zero-order valence-electron chi connectivity index (χ0n) is 7.10. The summed E-state index contributed by atoms with van der Waals surface area (Å²) in [5.74, 6) is 0.941. The second kappa shape index (κ2) is 3.97. The fourth-order valence-corrected chi connectivity index (χ4v) is 1.63. The fourth-order valence-electron chi connectivity index (χ4n) is 1.63. The van der Waals surface area contributed by atoms with Crippen molar-refractivity contribution in [3.8, 4) is 0 Å². The van der Waals surface area contributed by atoms with E-state index in [0.29, 0.717) is 6.10 Å². The van der Waals surface area contributed by atoms with Crippen LogP contribution in [0.25, 0.3) is 0 Å². The Bertz CT molecular complexity index is 82.7. The summed E-state index contributed by atoms with van der Waals surface area (Å²) in [6.45, 7) is 5.30. The highest BCUT2D eigenvalue weighted by atomic mass is 16.5. The van der Waals surface area contributed by atoms with Crippen LogP contribution in [-0.2, 0) is 4.74 Å². The highest BCUT2D eigenvalue weighted by Crippen LogP contribution is 2.25. The number of hydrogen-bond acceptors (Lipinski definition) is 1. The molecule has 0 heterocycles. The smallest absolute Gasteiger partial charge is 0.0575 e. The molecule has 0 radical (unpaired) electrons. The van der Waals surface area contributed by atoms with Gasteiger partial charge in [0, 0.05) is 6.61 Å². The molecule has 1 saturated carbocycles. The predicted octanol–water partition coefficient (Wildman–Crippen LogP) is 2.60. The van der Waals surface area contributed by atoms with E-state index < -0.39 is 0 Å². The number of hydrogen-bond donors (Lipinski definition) is 0. The van der Waals surface area contributed by atoms with Gasteiger partial charge in [0.1, 0.15) is 0 Å². The van der Waals surface area contributed by atoms with E-state index in [1.54, 1.807) is 0 Å². The Labute approximate surface area is 63.8 Å². The number of rotatable bonds is 2. The summed E-state index contributed by atoms with van der Waals surface area (Å²) >= 11 is 0. The first kappa shape index (κ1) is 8.06. The van der Waals surface area contributed by atoms with Gasteiger partial charge in [-0.2, -0.15) is 0 Å². The highest BCUT2D eigenvalue weighted by Gasteiger charge is 2.17. The lowest BCUT2D eigenvalue weighted by molar-refractivity contribution is 0.0276. The van der Waals surface area contributed by atoms with Gasteiger partial charge in [0.25, 0.3) is 0 Å². The Kier molecular flexibility index (Phi) is 3.20. The van der Waals surface area contributed by atoms with E-state index in [4.69, 9.17) is 4.74 Å². The second-order valence-electron chi connectivity index (χ2n) is 3.34. The molecule has 1 nitrogen and oxygen atoms in total. The van der Waals surface area contributed by atoms with Crippen LogP contribution in [0, 0.1) is 5.92 Å². The molecule has 60 valence electrons. The minimum Gasteiger partial charge on any atom is -0.379 e. The van der Waals surface area contributed by atoms with Crippen molar-refractivity contribution in [3.63, 3.8) is 0 Å². The molecule has 1 heteroatoms. The molecule has 0 N–H and O–H groups in total. The van der Waals surface area contributed by atoms with Crippen molar-refractivity contribution >= 4 is 0 Å². The van der Waals surface area contributed by atoms with Gasteiger partial charge in [0.15, 0.2) is 0 Å². The molecular formula is C9H18O. The summed E-state index contributed by atoms with van der Waals surface area (Å²) in [5.41, 5.74) is 0. The standard InChI is InChI=1S/C9H18O/c1-3-10-9-6-4-8(2)5-7-9/h8-9H,3-7H2,1-2H3/t8-,9-. The van der Waals surface area contributed by atoms with E-state index in [1.807, 2.05) is 0 Å². The minimum absolute atomic E-state index is 0.584. The molecule has 0 aromatic carbocycles. The van der Waals surface area contributed by atoms with Gasteiger partial charge in [-0.15, -0.1) is 0 Å². The van der Waals surface area contributed by atoms with E-state index in [1.165, 1.54) is 25.7 Å². The lowest BCUT2D eigenvalue weighted by atomic mass is 9.89. The van der Waals surface area contributed by atoms with E-state index in [9.17, 15) is 0 Å². The molecule has 0 saturated heterocycles. The van der Waals surface area contributed by atoms with Crippen LogP contribution in [0.1, 0.15) is 39.5 Å². The van der Waals surface area contributed by atoms with Crippen LogP contribution in [0.5, 0.6) is 0 Å². The summed E-state index contributed by atoms with van der Waals surface area (Å²) in [6.07, 6.45) is 5.89. The maximum atomic E-state index is 5.53. The second-order valence-corrected chi connectivity index (χ2v) is 3.34. The maximum Gasteiger partial charge on any atom is 0.0575 e. The van der Waals surface area contributed by atoms with Crippen molar-refractivity contribution in [1.29, 1.82) is 0 Å². The lowest BCUT2D eigenvalue weighted by Crippen LogP contribution is -2.20. The first-order chi connectivity index (χ1) is 4.83. The van der Waals surface area contributed by atoms with Crippen molar-refractivity contribution < 1.29 is 4.74 Å². The van der Waals surface area contributed by atoms with Crippen molar-refractivity contribution in [2.24, 2.45) is 5.92 Å². The highest BCUT2D eigenvalue weighted by molar-refractivity contribution is 4.69. The van der Waals surface area contributed by atoms with Crippen molar-refractivity contribution in [2.75, 3.05) is 6.61 Å². The van der Waals surface area contributed by atoms with Gasteiger partial charge >= 0.3 is 0 Å². The van der Waals surface area contributed by atoms with Crippen LogP contribution in [0.15, 0.2) is 0 Å². The summed E-state index contributed by atoms with van der Waals surface area (Å²) in [6, 6.07) is 0. The van der Waals surface area contributed by atoms with Gasteiger partial charge in [-0.05, 0) is 38.5 Å². The average molecular weight is 142 g/mol. The minimum atomic E-state index is 0.584. The van der Waals surface area contributed by atoms with Crippen LogP contribution in [0.2, 0.25) is 0 Å². The summed E-state index contributed by atoms with van der Waals surface area (Å²) < 4.78 is 5.53. The van der Waals surface area contributed by atoms with Gasteiger partial charge in [-0.25, -0.2) is 0 Å². The van der Waals surface area contributed by atoms with Gasteiger partial charge < -0.3 is 4.74 Å². The van der Waals surface area contributed by atoms with Gasteiger partial charge in [0.2, 0.25) is 0 Å². The Morgan fingerprint density at radius 1 is 1.20 bits per heavy atom. The number of ether oxygens (including phenoxy) is 1. The van der Waals surface area contributed by atoms with Crippen LogP contribution >= 0.6 is 0 Å². The van der Waals surface area contributed by atoms with Gasteiger partial charge in [0.05, 0.1) is 6.10 Å². The molecule has 1 rings (SSSR count). The topological polar surface area (TPSA) is 9.23 Å². The normalized spacial score (nSPS) is 34.2. The van der Waals surface area contributed by atoms with Crippen LogP contribution in [-0.4, -0.2) is 12.7 Å². The zero-order chi connectivity index (χ0) is 7.40. The molecule has 1 aliphatic rings. The monoisotopic (exact) mass is 142 g/mol. The SMILES string of the molecule is CCO[C@H]1CC[C@H](C)CC1. The molecule has 0 unspecified atom stereocenters. The van der Waals surface area contributed by atoms with Crippen LogP contribution < -0.4 is 0 Å². The molecule has 0 bridgehead atoms. The Balaban J connectivity index is 2.13. The first-order valence-corrected chi connectivity index (χ1v) is 4.44. The van der Waals surface area contributed by atoms with Crippen LogP contribution in [0.3, 0.4) is 0 Å². The fraction of sp³-hybridized carbons (Fsp3) is 1.00. The molecule has 0 aliphatic heterocycles. The third kappa shape index (κ3) is 2.30. The molecule has 0 aromatic heterocycles. The third-order valence-electron chi connectivity index (χ3n) is 2.37. The van der Waals surface area contributed by atoms with E-state index in [2.05, 4.69) is 13.8 Å². The predicted molar refractivity (Wildman–Crippen MR) is 43.0 cm³/mol. The van der Waals surface area contributed by atoms with Gasteiger partial charge in [-0.3, -0.25) is 0 Å².